The zero-order valence-electron chi connectivity index (χ0n) is 12.8. The van der Waals surface area contributed by atoms with E-state index in [4.69, 9.17) is 11.5 Å². The molecule has 0 atom stereocenters. The number of nitrogens with zero attached hydrogens (tertiary/aromatic N) is 1. The van der Waals surface area contributed by atoms with Crippen molar-refractivity contribution >= 4 is 50.1 Å². The van der Waals surface area contributed by atoms with Gasteiger partial charge < -0.3 is 16.8 Å². The van der Waals surface area contributed by atoms with Crippen molar-refractivity contribution in [1.82, 2.24) is 4.98 Å². The average Bonchev–Trinajstić information content (AvgIpc) is 2.96. The molecule has 8 nitrogen and oxygen atoms in total. The predicted octanol–water partition coefficient (Wildman–Crippen LogP) is 2.14. The summed E-state index contributed by atoms with van der Waals surface area (Å²) < 4.78 is 0. The lowest BCUT2D eigenvalue weighted by atomic mass is 10.1. The first-order chi connectivity index (χ1) is 12.0. The zero-order chi connectivity index (χ0) is 18.0. The average molecular weight is 355 g/mol. The lowest BCUT2D eigenvalue weighted by molar-refractivity contribution is 0.0997. The van der Waals surface area contributed by atoms with Gasteiger partial charge in [-0.25, -0.2) is 4.79 Å². The van der Waals surface area contributed by atoms with E-state index in [9.17, 15) is 14.4 Å². The third kappa shape index (κ3) is 3.40. The van der Waals surface area contributed by atoms with Gasteiger partial charge in [-0.2, -0.15) is 0 Å². The normalized spacial score (nSPS) is 10.4. The van der Waals surface area contributed by atoms with Gasteiger partial charge in [-0.05, 0) is 18.2 Å². The number of primary amides is 2. The molecule has 6 N–H and O–H groups in total. The number of hydrogen-bond acceptors (Lipinski definition) is 5. The van der Waals surface area contributed by atoms with E-state index in [-0.39, 0.29) is 10.6 Å². The molecular weight excluding hydrogens is 342 g/mol. The van der Waals surface area contributed by atoms with Crippen LogP contribution in [0.3, 0.4) is 0 Å². The summed E-state index contributed by atoms with van der Waals surface area (Å²) in [6, 6.07) is 9.44. The Balaban J connectivity index is 1.92. The summed E-state index contributed by atoms with van der Waals surface area (Å²) in [4.78, 5) is 39.3. The monoisotopic (exact) mass is 355 g/mol. The molecule has 1 aromatic carbocycles. The molecule has 4 amide bonds. The van der Waals surface area contributed by atoms with Gasteiger partial charge in [-0.1, -0.05) is 29.5 Å². The molecule has 0 radical (unpaired) electrons. The van der Waals surface area contributed by atoms with Crippen molar-refractivity contribution in [2.45, 2.75) is 0 Å². The fourth-order valence-electron chi connectivity index (χ4n) is 2.31. The van der Waals surface area contributed by atoms with Crippen LogP contribution < -0.4 is 22.1 Å². The number of nitrogens with two attached hydrogens (primary N) is 2. The number of amides is 4. The highest BCUT2D eigenvalue weighted by Gasteiger charge is 2.18. The highest BCUT2D eigenvalue weighted by molar-refractivity contribution is 7.20. The van der Waals surface area contributed by atoms with Gasteiger partial charge in [0.25, 0.3) is 11.8 Å². The molecule has 3 aromatic rings. The molecule has 2 heterocycles. The van der Waals surface area contributed by atoms with Crippen LogP contribution in [0.2, 0.25) is 0 Å². The number of hydrogen-bond donors (Lipinski definition) is 4. The smallest absolute Gasteiger partial charge is 0.317 e. The van der Waals surface area contributed by atoms with Gasteiger partial charge in [-0.15, -0.1) is 0 Å². The van der Waals surface area contributed by atoms with Crippen molar-refractivity contribution in [1.29, 1.82) is 0 Å². The second-order valence-electron chi connectivity index (χ2n) is 5.04. The number of nitrogens with one attached hydrogen (secondary N) is 2. The first-order valence-electron chi connectivity index (χ1n) is 7.11. The molecule has 0 saturated heterocycles. The SMILES string of the molecule is NC(=O)Nc1sc(NC(=O)c2cccc3cccnc23)cc1C(N)=O. The van der Waals surface area contributed by atoms with Crippen molar-refractivity contribution in [2.75, 3.05) is 10.6 Å². The minimum atomic E-state index is -0.833. The second kappa shape index (κ2) is 6.57. The minimum absolute atomic E-state index is 0.0649. The Bertz CT molecular complexity index is 993. The molecule has 0 aliphatic heterocycles. The summed E-state index contributed by atoms with van der Waals surface area (Å²) in [6.45, 7) is 0. The van der Waals surface area contributed by atoms with Crippen molar-refractivity contribution in [3.63, 3.8) is 0 Å². The van der Waals surface area contributed by atoms with Gasteiger partial charge in [-0.3, -0.25) is 19.9 Å². The third-order valence-electron chi connectivity index (χ3n) is 3.35. The third-order valence-corrected chi connectivity index (χ3v) is 4.31. The van der Waals surface area contributed by atoms with E-state index in [0.717, 1.165) is 16.7 Å². The van der Waals surface area contributed by atoms with Crippen LogP contribution in [-0.2, 0) is 0 Å². The maximum Gasteiger partial charge on any atom is 0.317 e. The first-order valence-corrected chi connectivity index (χ1v) is 7.92. The molecule has 0 bridgehead atoms. The number of thiophene rings is 1. The summed E-state index contributed by atoms with van der Waals surface area (Å²) in [6.07, 6.45) is 1.60. The fraction of sp³-hybridized carbons (Fsp3) is 0. The number of anilines is 2. The molecule has 0 aliphatic carbocycles. The van der Waals surface area contributed by atoms with Crippen LogP contribution >= 0.6 is 11.3 Å². The highest BCUT2D eigenvalue weighted by Crippen LogP contribution is 2.32. The predicted molar refractivity (Wildman–Crippen MR) is 95.7 cm³/mol. The number of rotatable bonds is 4. The number of aromatic nitrogens is 1. The van der Waals surface area contributed by atoms with E-state index in [2.05, 4.69) is 15.6 Å². The van der Waals surface area contributed by atoms with Gasteiger partial charge in [0.2, 0.25) is 0 Å². The van der Waals surface area contributed by atoms with Crippen LogP contribution in [0.4, 0.5) is 14.8 Å². The van der Waals surface area contributed by atoms with Crippen molar-refractivity contribution in [3.05, 3.63) is 53.7 Å². The molecule has 0 fully saturated rings. The molecule has 9 heteroatoms. The van der Waals surface area contributed by atoms with Crippen molar-refractivity contribution in [3.8, 4) is 0 Å². The molecule has 2 aromatic heterocycles. The largest absolute Gasteiger partial charge is 0.366 e. The summed E-state index contributed by atoms with van der Waals surface area (Å²) in [7, 11) is 0. The van der Waals surface area contributed by atoms with Crippen LogP contribution in [0.1, 0.15) is 20.7 Å². The number of benzene rings is 1. The number of urea groups is 1. The van der Waals surface area contributed by atoms with E-state index in [0.29, 0.717) is 16.1 Å². The zero-order valence-corrected chi connectivity index (χ0v) is 13.6. The van der Waals surface area contributed by atoms with Gasteiger partial charge >= 0.3 is 6.03 Å². The van der Waals surface area contributed by atoms with Crippen molar-refractivity contribution < 1.29 is 14.4 Å². The molecule has 126 valence electrons. The number of carbonyl (C=O) groups excluding carboxylic acids is 3. The number of carbonyl (C=O) groups is 3. The highest BCUT2D eigenvalue weighted by atomic mass is 32.1. The molecule has 0 saturated carbocycles. The first kappa shape index (κ1) is 16.4. The van der Waals surface area contributed by atoms with E-state index < -0.39 is 17.8 Å². The maximum absolute atomic E-state index is 12.6. The topological polar surface area (TPSA) is 140 Å². The fourth-order valence-corrected chi connectivity index (χ4v) is 3.27. The molecule has 0 unspecified atom stereocenters. The Kier molecular flexibility index (Phi) is 4.31. The second-order valence-corrected chi connectivity index (χ2v) is 6.09. The summed E-state index contributed by atoms with van der Waals surface area (Å²) in [5.74, 6) is -1.14. The number of para-hydroxylation sites is 1. The summed E-state index contributed by atoms with van der Waals surface area (Å²) in [5, 5.41) is 6.33. The van der Waals surface area contributed by atoms with Crippen LogP contribution in [0.25, 0.3) is 10.9 Å². The summed E-state index contributed by atoms with van der Waals surface area (Å²) in [5.41, 5.74) is 11.3. The lowest BCUT2D eigenvalue weighted by Crippen LogP contribution is -2.21. The minimum Gasteiger partial charge on any atom is -0.366 e. The van der Waals surface area contributed by atoms with Crippen LogP contribution in [-0.4, -0.2) is 22.8 Å². The van der Waals surface area contributed by atoms with Gasteiger partial charge in [0.15, 0.2) is 0 Å². The van der Waals surface area contributed by atoms with Gasteiger partial charge in [0.1, 0.15) is 5.00 Å². The Labute approximate surface area is 145 Å². The van der Waals surface area contributed by atoms with Crippen LogP contribution in [0.15, 0.2) is 42.6 Å². The van der Waals surface area contributed by atoms with Gasteiger partial charge in [0.05, 0.1) is 21.6 Å². The van der Waals surface area contributed by atoms with Crippen LogP contribution in [0, 0.1) is 0 Å². The molecule has 0 spiro atoms. The van der Waals surface area contributed by atoms with E-state index >= 15 is 0 Å². The summed E-state index contributed by atoms with van der Waals surface area (Å²) >= 11 is 0.979. The Morgan fingerprint density at radius 3 is 2.48 bits per heavy atom. The molecule has 0 aliphatic rings. The molecule has 25 heavy (non-hydrogen) atoms. The van der Waals surface area contributed by atoms with E-state index in [1.165, 1.54) is 6.07 Å². The Morgan fingerprint density at radius 2 is 1.76 bits per heavy atom. The van der Waals surface area contributed by atoms with E-state index in [1.54, 1.807) is 24.4 Å². The number of pyridine rings is 1. The standard InChI is InChI=1S/C16H13N5O3S/c17-13(22)10-7-11(25-15(10)21-16(18)24)20-14(23)9-5-1-3-8-4-2-6-19-12(8)9/h1-7H,(H2,17,22)(H,20,23)(H3,18,21,24). The van der Waals surface area contributed by atoms with Crippen molar-refractivity contribution in [2.24, 2.45) is 11.5 Å². The Morgan fingerprint density at radius 1 is 1.00 bits per heavy atom. The maximum atomic E-state index is 12.6. The van der Waals surface area contributed by atoms with Gasteiger partial charge in [0, 0.05) is 11.6 Å². The van der Waals surface area contributed by atoms with Crippen LogP contribution in [0.5, 0.6) is 0 Å². The quantitative estimate of drug-likeness (QED) is 0.569. The lowest BCUT2D eigenvalue weighted by Gasteiger charge is -2.05. The van der Waals surface area contributed by atoms with E-state index in [1.807, 2.05) is 12.1 Å². The number of fused-ring (bicyclic) bond motifs is 1. The molecular formula is C16H13N5O3S. The Hall–Kier alpha value is -3.46. The molecule has 3 rings (SSSR count).